The molecule has 0 aliphatic rings. The fraction of sp³-hybridized carbons (Fsp3) is 0.0385. The smallest absolute Gasteiger partial charge is 0.336 e. The van der Waals surface area contributed by atoms with Gasteiger partial charge in [0.05, 0.1) is 16.7 Å². The molecule has 2 amide bonds. The molecule has 1 unspecified atom stereocenters. The molecule has 0 fully saturated rings. The summed E-state index contributed by atoms with van der Waals surface area (Å²) in [6.07, 6.45) is 1.60. The Morgan fingerprint density at radius 1 is 0.838 bits per heavy atom. The summed E-state index contributed by atoms with van der Waals surface area (Å²) < 4.78 is 0. The number of thioether (sulfide) groups is 1. The van der Waals surface area contributed by atoms with Crippen molar-refractivity contribution in [3.63, 3.8) is 0 Å². The summed E-state index contributed by atoms with van der Waals surface area (Å²) in [4.78, 5) is 53.6. The standard InChI is InChI=1S/C26H19N3O6S2/c30-22(19-10-9-16(24(32)33)13-20(19)25(34)35)28-17-7-4-8-18(14-17)37-21(15-5-2-1-3-6-15)23(31)29-26-27-11-12-36-26/h1-14,21H,(H,28,30)(H,32,33)(H,34,35)(H,27,29,31). The third kappa shape index (κ3) is 6.40. The van der Waals surface area contributed by atoms with E-state index in [1.165, 1.54) is 29.2 Å². The van der Waals surface area contributed by atoms with Crippen LogP contribution < -0.4 is 10.6 Å². The van der Waals surface area contributed by atoms with Gasteiger partial charge in [0.25, 0.3) is 5.91 Å². The summed E-state index contributed by atoms with van der Waals surface area (Å²) >= 11 is 2.58. The molecule has 4 aromatic rings. The number of thiazole rings is 1. The van der Waals surface area contributed by atoms with Crippen molar-refractivity contribution in [3.8, 4) is 0 Å². The Kier molecular flexibility index (Phi) is 7.96. The van der Waals surface area contributed by atoms with Crippen molar-refractivity contribution in [2.45, 2.75) is 10.1 Å². The number of hydrogen-bond acceptors (Lipinski definition) is 7. The average Bonchev–Trinajstić information content (AvgIpc) is 3.40. The van der Waals surface area contributed by atoms with Gasteiger partial charge in [-0.3, -0.25) is 9.59 Å². The van der Waals surface area contributed by atoms with Crippen molar-refractivity contribution in [1.29, 1.82) is 0 Å². The first kappa shape index (κ1) is 25.6. The van der Waals surface area contributed by atoms with E-state index >= 15 is 0 Å². The molecule has 1 aromatic heterocycles. The van der Waals surface area contributed by atoms with Crippen LogP contribution >= 0.6 is 23.1 Å². The third-order valence-corrected chi connectivity index (χ3v) is 7.03. The largest absolute Gasteiger partial charge is 0.478 e. The summed E-state index contributed by atoms with van der Waals surface area (Å²) in [6, 6.07) is 19.3. The van der Waals surface area contributed by atoms with Crippen LogP contribution in [0.1, 0.15) is 41.9 Å². The molecule has 37 heavy (non-hydrogen) atoms. The van der Waals surface area contributed by atoms with Gasteiger partial charge in [0, 0.05) is 22.2 Å². The van der Waals surface area contributed by atoms with E-state index in [1.54, 1.807) is 35.8 Å². The molecular weight excluding hydrogens is 514 g/mol. The van der Waals surface area contributed by atoms with Gasteiger partial charge in [-0.1, -0.05) is 36.4 Å². The fourth-order valence-electron chi connectivity index (χ4n) is 3.39. The first-order chi connectivity index (χ1) is 17.8. The molecular formula is C26H19N3O6S2. The highest BCUT2D eigenvalue weighted by atomic mass is 32.2. The lowest BCUT2D eigenvalue weighted by atomic mass is 10.0. The van der Waals surface area contributed by atoms with Crippen LogP contribution in [0.4, 0.5) is 10.8 Å². The van der Waals surface area contributed by atoms with Crippen LogP contribution in [-0.2, 0) is 4.79 Å². The maximum absolute atomic E-state index is 13.1. The normalized spacial score (nSPS) is 11.4. The molecule has 3 aromatic carbocycles. The number of carbonyl (C=O) groups is 4. The topological polar surface area (TPSA) is 146 Å². The first-order valence-corrected chi connectivity index (χ1v) is 12.5. The minimum Gasteiger partial charge on any atom is -0.478 e. The number of amides is 2. The van der Waals surface area contributed by atoms with Crippen LogP contribution in [0.2, 0.25) is 0 Å². The van der Waals surface area contributed by atoms with Gasteiger partial charge in [0.2, 0.25) is 5.91 Å². The molecule has 0 saturated carbocycles. The number of benzene rings is 3. The zero-order chi connectivity index (χ0) is 26.4. The zero-order valence-electron chi connectivity index (χ0n) is 19.0. The van der Waals surface area contributed by atoms with Gasteiger partial charge in [-0.15, -0.1) is 23.1 Å². The maximum Gasteiger partial charge on any atom is 0.336 e. The Hall–Kier alpha value is -4.48. The van der Waals surface area contributed by atoms with Gasteiger partial charge in [-0.25, -0.2) is 14.6 Å². The molecule has 4 N–H and O–H groups in total. The Morgan fingerprint density at radius 3 is 2.30 bits per heavy atom. The number of carboxylic acid groups (broad SMARTS) is 2. The minimum atomic E-state index is -1.42. The predicted octanol–water partition coefficient (Wildman–Crippen LogP) is 5.26. The number of carbonyl (C=O) groups excluding carboxylic acids is 2. The summed E-state index contributed by atoms with van der Waals surface area (Å²) in [5.74, 6) is -3.69. The first-order valence-electron chi connectivity index (χ1n) is 10.8. The van der Waals surface area contributed by atoms with Gasteiger partial charge in [0.1, 0.15) is 5.25 Å². The fourth-order valence-corrected chi connectivity index (χ4v) is 5.01. The second kappa shape index (κ2) is 11.5. The van der Waals surface area contributed by atoms with E-state index in [-0.39, 0.29) is 17.0 Å². The Balaban J connectivity index is 1.56. The van der Waals surface area contributed by atoms with E-state index in [2.05, 4.69) is 15.6 Å². The number of rotatable bonds is 9. The third-order valence-electron chi connectivity index (χ3n) is 5.09. The number of aromatic nitrogens is 1. The van der Waals surface area contributed by atoms with E-state index in [4.69, 9.17) is 5.11 Å². The number of anilines is 2. The van der Waals surface area contributed by atoms with Crippen LogP contribution in [0.3, 0.4) is 0 Å². The summed E-state index contributed by atoms with van der Waals surface area (Å²) in [7, 11) is 0. The van der Waals surface area contributed by atoms with Gasteiger partial charge < -0.3 is 20.8 Å². The number of nitrogens with zero attached hydrogens (tertiary/aromatic N) is 1. The lowest BCUT2D eigenvalue weighted by Gasteiger charge is -2.17. The number of aromatic carboxylic acids is 2. The average molecular weight is 534 g/mol. The molecule has 186 valence electrons. The molecule has 0 bridgehead atoms. The molecule has 0 radical (unpaired) electrons. The predicted molar refractivity (Wildman–Crippen MR) is 141 cm³/mol. The van der Waals surface area contributed by atoms with Crippen molar-refractivity contribution in [1.82, 2.24) is 4.98 Å². The molecule has 1 heterocycles. The second-order valence-corrected chi connectivity index (χ2v) is 9.66. The molecule has 0 saturated heterocycles. The zero-order valence-corrected chi connectivity index (χ0v) is 20.6. The van der Waals surface area contributed by atoms with Crippen LogP contribution in [0.5, 0.6) is 0 Å². The highest BCUT2D eigenvalue weighted by Crippen LogP contribution is 2.37. The Morgan fingerprint density at radius 2 is 1.62 bits per heavy atom. The molecule has 11 heteroatoms. The van der Waals surface area contributed by atoms with Gasteiger partial charge >= 0.3 is 11.9 Å². The van der Waals surface area contributed by atoms with Crippen LogP contribution in [0, 0.1) is 0 Å². The lowest BCUT2D eigenvalue weighted by molar-refractivity contribution is -0.115. The van der Waals surface area contributed by atoms with Gasteiger partial charge in [-0.2, -0.15) is 0 Å². The monoisotopic (exact) mass is 533 g/mol. The van der Waals surface area contributed by atoms with Crippen LogP contribution in [0.25, 0.3) is 0 Å². The van der Waals surface area contributed by atoms with Crippen LogP contribution in [0.15, 0.2) is 89.3 Å². The molecule has 4 rings (SSSR count). The molecule has 0 aliphatic carbocycles. The van der Waals surface area contributed by atoms with Crippen LogP contribution in [-0.4, -0.2) is 39.0 Å². The lowest BCUT2D eigenvalue weighted by Crippen LogP contribution is -2.19. The van der Waals surface area contributed by atoms with Gasteiger partial charge in [-0.05, 0) is 42.0 Å². The van der Waals surface area contributed by atoms with E-state index < -0.39 is 28.7 Å². The van der Waals surface area contributed by atoms with Crippen molar-refractivity contribution in [3.05, 3.63) is 107 Å². The highest BCUT2D eigenvalue weighted by molar-refractivity contribution is 8.00. The number of hydrogen-bond donors (Lipinski definition) is 4. The van der Waals surface area contributed by atoms with Crippen molar-refractivity contribution >= 4 is 57.7 Å². The summed E-state index contributed by atoms with van der Waals surface area (Å²) in [5, 5.41) is 25.7. The van der Waals surface area contributed by atoms with E-state index in [9.17, 15) is 24.3 Å². The summed E-state index contributed by atoms with van der Waals surface area (Å²) in [6.45, 7) is 0. The summed E-state index contributed by atoms with van der Waals surface area (Å²) in [5.41, 5.74) is 0.309. The maximum atomic E-state index is 13.1. The Labute approximate surface area is 219 Å². The molecule has 1 atom stereocenters. The SMILES string of the molecule is O=C(O)c1ccc(C(=O)Nc2cccc(SC(C(=O)Nc3nccs3)c3ccccc3)c2)c(C(=O)O)c1. The quantitative estimate of drug-likeness (QED) is 0.213. The molecule has 0 aliphatic heterocycles. The minimum absolute atomic E-state index is 0.180. The second-order valence-electron chi connectivity index (χ2n) is 7.59. The number of nitrogens with one attached hydrogen (secondary N) is 2. The highest BCUT2D eigenvalue weighted by Gasteiger charge is 2.24. The van der Waals surface area contributed by atoms with Crippen molar-refractivity contribution < 1.29 is 29.4 Å². The van der Waals surface area contributed by atoms with E-state index in [1.807, 2.05) is 30.3 Å². The van der Waals surface area contributed by atoms with E-state index in [0.29, 0.717) is 15.7 Å². The molecule has 0 spiro atoms. The van der Waals surface area contributed by atoms with Crippen molar-refractivity contribution in [2.75, 3.05) is 10.6 Å². The van der Waals surface area contributed by atoms with E-state index in [0.717, 1.165) is 17.7 Å². The Bertz CT molecular complexity index is 1460. The van der Waals surface area contributed by atoms with Gasteiger partial charge in [0.15, 0.2) is 5.13 Å². The van der Waals surface area contributed by atoms with Crippen molar-refractivity contribution in [2.24, 2.45) is 0 Å². The number of carboxylic acids is 2. The molecule has 9 nitrogen and oxygen atoms in total.